The highest BCUT2D eigenvalue weighted by Crippen LogP contribution is 2.37. The van der Waals surface area contributed by atoms with E-state index in [1.807, 2.05) is 46.8 Å². The Morgan fingerprint density at radius 1 is 0.544 bits per heavy atom. The fourth-order valence-electron chi connectivity index (χ4n) is 7.47. The molecule has 0 spiro atoms. The van der Waals surface area contributed by atoms with Crippen molar-refractivity contribution >= 4 is 113 Å². The van der Waals surface area contributed by atoms with Gasteiger partial charge in [0.1, 0.15) is 61.2 Å². The smallest absolute Gasteiger partial charge is 0.399 e. The fourth-order valence-corrected chi connectivity index (χ4v) is 12.1. The lowest BCUT2D eigenvalue weighted by Gasteiger charge is -2.32. The molecular weight excluding hydrogens is 1400 g/mol. The van der Waals surface area contributed by atoms with Gasteiger partial charge in [0.15, 0.2) is 19.7 Å². The quantitative estimate of drug-likeness (QED) is 0.0470. The summed E-state index contributed by atoms with van der Waals surface area (Å²) in [6.07, 6.45) is 7.98. The topological polar surface area (TPSA) is 270 Å². The van der Waals surface area contributed by atoms with Gasteiger partial charge in [0.25, 0.3) is 9.05 Å². The molecule has 4 N–H and O–H groups in total. The van der Waals surface area contributed by atoms with Gasteiger partial charge in [-0.15, -0.1) is 0 Å². The molecule has 6 heterocycles. The van der Waals surface area contributed by atoms with E-state index in [1.54, 1.807) is 69.0 Å². The average molecular weight is 1460 g/mol. The molecule has 0 radical (unpaired) electrons. The van der Waals surface area contributed by atoms with Crippen LogP contribution in [0.3, 0.4) is 0 Å². The van der Waals surface area contributed by atoms with Crippen LogP contribution in [0, 0.1) is 55.7 Å². The molecule has 480 valence electrons. The maximum absolute atomic E-state index is 14.0. The van der Waals surface area contributed by atoms with Crippen molar-refractivity contribution < 1.29 is 70.5 Å². The van der Waals surface area contributed by atoms with Crippen LogP contribution in [0.5, 0.6) is 0 Å². The largest absolute Gasteiger partial charge is 0.495 e. The van der Waals surface area contributed by atoms with Crippen molar-refractivity contribution in [3.63, 3.8) is 0 Å². The van der Waals surface area contributed by atoms with Crippen LogP contribution in [0.2, 0.25) is 0 Å². The van der Waals surface area contributed by atoms with E-state index < -0.39 is 96.9 Å². The first-order valence-corrected chi connectivity index (χ1v) is 33.0. The third kappa shape index (κ3) is 21.8. The molecule has 18 nitrogen and oxygen atoms in total. The normalized spacial score (nSPS) is 13.0. The van der Waals surface area contributed by atoms with E-state index in [0.29, 0.717) is 67.9 Å². The lowest BCUT2D eigenvalue weighted by molar-refractivity contribution is -0.115. The second-order valence-corrected chi connectivity index (χ2v) is 28.5. The number of rotatable bonds is 11. The number of hydrogen-bond acceptors (Lipinski definition) is 16. The number of carbonyl (C=O) groups is 2. The number of aromatic nitrogens is 5. The predicted molar refractivity (Wildman–Crippen MR) is 339 cm³/mol. The molecule has 1 saturated heterocycles. The molecule has 0 unspecified atom stereocenters. The number of nitrogens with two attached hydrogens (primary N) is 1. The summed E-state index contributed by atoms with van der Waals surface area (Å²) in [5, 5.41) is 5.22. The number of nitrogens with one attached hydrogen (secondary N) is 2. The minimum absolute atomic E-state index is 0. The molecule has 1 aliphatic rings. The summed E-state index contributed by atoms with van der Waals surface area (Å²) in [4.78, 5) is 40.8. The Labute approximate surface area is 539 Å². The van der Waals surface area contributed by atoms with Gasteiger partial charge in [-0.2, -0.15) is 0 Å². The van der Waals surface area contributed by atoms with Crippen LogP contribution in [-0.2, 0) is 59.1 Å². The van der Waals surface area contributed by atoms with Gasteiger partial charge >= 0.3 is 7.12 Å². The summed E-state index contributed by atoms with van der Waals surface area (Å²) >= 11 is 6.46. The highest BCUT2D eigenvalue weighted by molar-refractivity contribution is 9.10. The molecule has 1 fully saturated rings. The number of anilines is 3. The van der Waals surface area contributed by atoms with Crippen molar-refractivity contribution in [2.45, 2.75) is 107 Å². The van der Waals surface area contributed by atoms with Crippen LogP contribution in [0.1, 0.15) is 77.2 Å². The number of sulfone groups is 2. The van der Waals surface area contributed by atoms with Crippen LogP contribution >= 0.6 is 42.5 Å². The predicted octanol–water partition coefficient (Wildman–Crippen LogP) is 12.7. The molecule has 8 aromatic rings. The molecule has 1 aliphatic heterocycles. The van der Waals surface area contributed by atoms with Gasteiger partial charge in [-0.1, -0.05) is 7.43 Å². The molecular formula is C59H60BBr2ClF6N8O10S3. The second kappa shape index (κ2) is 31.7. The maximum Gasteiger partial charge on any atom is 0.495 e. The zero-order valence-corrected chi connectivity index (χ0v) is 55.0. The number of pyridine rings is 5. The second-order valence-electron chi connectivity index (χ2n) is 20.2. The first-order valence-electron chi connectivity index (χ1n) is 25.8. The Hall–Kier alpha value is -7.19. The molecule has 31 heteroatoms. The maximum atomic E-state index is 14.0. The summed E-state index contributed by atoms with van der Waals surface area (Å²) in [7, 11) is -7.70. The summed E-state index contributed by atoms with van der Waals surface area (Å²) < 4.78 is 163. The number of halogens is 9. The van der Waals surface area contributed by atoms with E-state index in [1.165, 1.54) is 20.0 Å². The summed E-state index contributed by atoms with van der Waals surface area (Å²) in [5.74, 6) is -6.41. The van der Waals surface area contributed by atoms with Crippen LogP contribution in [-0.4, -0.2) is 80.3 Å². The van der Waals surface area contributed by atoms with Crippen molar-refractivity contribution in [3.8, 4) is 11.1 Å². The number of carbonyl (C=O) groups excluding carboxylic acids is 2. The summed E-state index contributed by atoms with van der Waals surface area (Å²) in [5.41, 5.74) is 10.3. The van der Waals surface area contributed by atoms with Crippen molar-refractivity contribution in [2.24, 2.45) is 0 Å². The van der Waals surface area contributed by atoms with Crippen molar-refractivity contribution in [1.29, 1.82) is 0 Å². The molecule has 2 amide bonds. The van der Waals surface area contributed by atoms with E-state index in [9.17, 15) is 61.2 Å². The van der Waals surface area contributed by atoms with Crippen LogP contribution in [0.15, 0.2) is 152 Å². The number of amides is 2. The van der Waals surface area contributed by atoms with E-state index in [4.69, 9.17) is 25.7 Å². The lowest BCUT2D eigenvalue weighted by atomic mass is 9.80. The van der Waals surface area contributed by atoms with Crippen LogP contribution in [0.25, 0.3) is 11.1 Å². The van der Waals surface area contributed by atoms with Crippen molar-refractivity contribution in [2.75, 3.05) is 16.4 Å². The van der Waals surface area contributed by atoms with Crippen LogP contribution in [0.4, 0.5) is 43.7 Å². The Morgan fingerprint density at radius 3 is 1.37 bits per heavy atom. The minimum atomic E-state index is -4.12. The Morgan fingerprint density at radius 2 is 0.944 bits per heavy atom. The number of aryl methyl sites for hydroxylation is 3. The highest BCUT2D eigenvalue weighted by Gasteiger charge is 2.51. The number of benzene rings is 3. The van der Waals surface area contributed by atoms with Gasteiger partial charge in [0.05, 0.1) is 34.1 Å². The van der Waals surface area contributed by atoms with Crippen molar-refractivity contribution in [1.82, 2.24) is 24.9 Å². The van der Waals surface area contributed by atoms with Gasteiger partial charge in [0, 0.05) is 99.6 Å². The van der Waals surface area contributed by atoms with E-state index >= 15 is 0 Å². The SMILES string of the molecule is C.CC(=O)Nc1cc(-c2cnc(C)c(CS(=O)(=O)c3ccc(F)cc3F)c2)ccn1.CC(=O)Nc1cc(B2OC(C)(C)C(C)(C)O2)ccn1.Cc1ncc(Br)cc1CS(=O)(=O)c1ccc(F)cc1F.Cc1ncc(Br)cc1N.O=S(=O)(Cl)c1ccc(F)cc1F. The minimum Gasteiger partial charge on any atom is -0.399 e. The Kier molecular flexibility index (Phi) is 26.5. The lowest BCUT2D eigenvalue weighted by Crippen LogP contribution is -2.41. The summed E-state index contributed by atoms with van der Waals surface area (Å²) in [6.45, 7) is 16.0. The average Bonchev–Trinajstić information content (AvgIpc) is 1.57. The Balaban J connectivity index is 0.000000252. The third-order valence-corrected chi connectivity index (χ3v) is 18.4. The van der Waals surface area contributed by atoms with Gasteiger partial charge in [-0.3, -0.25) is 24.5 Å². The standard InChI is InChI=1S/C20H17F2N3O3S.C13H19BN2O3.C13H10BrF2NO2S.C6H7BrN2.C6H3ClF2O2S.CH4/c1-12-16(11-29(27,28)19-4-3-17(21)9-18(19)22)7-15(10-24-12)14-5-6-23-20(8-14)25-13(2)26;1-9(17)16-11-8-10(6-7-15-11)14-18-12(2,3)13(4,5)19-14;1-8-9(4-10(14)6-17-8)7-20(18,19)13-3-2-11(15)5-12(13)16;1-4-6(8)2-5(7)3-9-4;7-12(10,11)6-2-1-4(8)3-5(6)9;/h3-10H,11H2,1-2H3,(H,23,25,26);6-8H,1-5H3,(H,15,16,17);2-6H,7H2,1H3;2-3H,8H2,1H3;1-3H;1H4. The third-order valence-electron chi connectivity index (χ3n) is 12.8. The first kappa shape index (κ1) is 75.3. The monoisotopic (exact) mass is 1450 g/mol. The van der Waals surface area contributed by atoms with E-state index in [2.05, 4.69) is 67.4 Å². The molecule has 0 atom stereocenters. The molecule has 0 saturated carbocycles. The molecule has 5 aromatic heterocycles. The first-order chi connectivity index (χ1) is 41.3. The van der Waals surface area contributed by atoms with Gasteiger partial charge in [-0.25, -0.2) is 61.6 Å². The van der Waals surface area contributed by atoms with E-state index in [0.717, 1.165) is 57.7 Å². The molecule has 0 aliphatic carbocycles. The number of nitrogen functional groups attached to an aromatic ring is 1. The van der Waals surface area contributed by atoms with Gasteiger partial charge in [-0.05, 0) is 181 Å². The number of hydrogen-bond donors (Lipinski definition) is 3. The summed E-state index contributed by atoms with van der Waals surface area (Å²) in [6, 6.07) is 18.8. The zero-order valence-electron chi connectivity index (χ0n) is 48.6. The highest BCUT2D eigenvalue weighted by atomic mass is 79.9. The number of nitrogens with zero attached hydrogens (tertiary/aromatic N) is 5. The van der Waals surface area contributed by atoms with Crippen molar-refractivity contribution in [3.05, 3.63) is 200 Å². The van der Waals surface area contributed by atoms with Crippen LogP contribution < -0.4 is 21.8 Å². The molecule has 3 aromatic carbocycles. The molecule has 0 bridgehead atoms. The zero-order chi connectivity index (χ0) is 66.6. The van der Waals surface area contributed by atoms with E-state index in [-0.39, 0.29) is 30.4 Å². The van der Waals surface area contributed by atoms with Gasteiger partial charge in [0.2, 0.25) is 11.8 Å². The molecule has 9 rings (SSSR count). The molecule has 90 heavy (non-hydrogen) atoms. The Bertz CT molecular complexity index is 4270. The van der Waals surface area contributed by atoms with Gasteiger partial charge < -0.3 is 25.7 Å². The fraction of sp³-hybridized carbons (Fsp3) is 0.237.